The van der Waals surface area contributed by atoms with Gasteiger partial charge in [-0.15, -0.1) is 11.3 Å². The number of rotatable bonds is 3. The van der Waals surface area contributed by atoms with Gasteiger partial charge in [0.1, 0.15) is 11.9 Å². The van der Waals surface area contributed by atoms with Crippen LogP contribution in [0, 0.1) is 6.92 Å². The van der Waals surface area contributed by atoms with E-state index in [4.69, 9.17) is 5.73 Å². The van der Waals surface area contributed by atoms with Gasteiger partial charge in [0, 0.05) is 6.54 Å². The number of aliphatic hydroxyl groups excluding tert-OH is 1. The Morgan fingerprint density at radius 2 is 2.47 bits per heavy atom. The van der Waals surface area contributed by atoms with Crippen molar-refractivity contribution in [2.24, 2.45) is 5.73 Å². The highest BCUT2D eigenvalue weighted by Gasteiger charge is 2.11. The van der Waals surface area contributed by atoms with Gasteiger partial charge >= 0.3 is 0 Å². The van der Waals surface area contributed by atoms with E-state index in [1.165, 1.54) is 5.56 Å². The van der Waals surface area contributed by atoms with Crippen molar-refractivity contribution < 1.29 is 5.11 Å². The van der Waals surface area contributed by atoms with E-state index in [1.807, 2.05) is 12.3 Å². The minimum atomic E-state index is -0.709. The average molecular weight is 223 g/mol. The quantitative estimate of drug-likeness (QED) is 0.737. The van der Waals surface area contributed by atoms with Crippen LogP contribution in [0.1, 0.15) is 17.5 Å². The lowest BCUT2D eigenvalue weighted by atomic mass is 10.2. The van der Waals surface area contributed by atoms with E-state index in [0.29, 0.717) is 5.82 Å². The molecule has 2 rings (SSSR count). The van der Waals surface area contributed by atoms with Crippen molar-refractivity contribution in [2.75, 3.05) is 6.54 Å². The van der Waals surface area contributed by atoms with E-state index in [-0.39, 0.29) is 6.54 Å². The first-order valence-electron chi connectivity index (χ1n) is 4.70. The highest BCUT2D eigenvalue weighted by atomic mass is 32.1. The zero-order valence-corrected chi connectivity index (χ0v) is 9.21. The second kappa shape index (κ2) is 4.14. The Balaban J connectivity index is 2.32. The molecule has 2 aromatic rings. The van der Waals surface area contributed by atoms with Crippen molar-refractivity contribution in [1.29, 1.82) is 0 Å². The van der Waals surface area contributed by atoms with Crippen molar-refractivity contribution in [2.45, 2.75) is 13.0 Å². The van der Waals surface area contributed by atoms with Gasteiger partial charge in [-0.3, -0.25) is 0 Å². The molecule has 1 atom stereocenters. The van der Waals surface area contributed by atoms with E-state index < -0.39 is 6.10 Å². The minimum absolute atomic E-state index is 0.177. The molecule has 4 nitrogen and oxygen atoms in total. The molecular formula is C10H13N3OS. The first-order chi connectivity index (χ1) is 7.22. The number of hydrogen-bond donors (Lipinski definition) is 3. The first-order valence-corrected chi connectivity index (χ1v) is 5.58. The summed E-state index contributed by atoms with van der Waals surface area (Å²) < 4.78 is 0. The predicted octanol–water partition coefficient (Wildman–Crippen LogP) is 1.44. The van der Waals surface area contributed by atoms with Gasteiger partial charge < -0.3 is 15.8 Å². The van der Waals surface area contributed by atoms with Crippen LogP contribution in [0.15, 0.2) is 17.6 Å². The summed E-state index contributed by atoms with van der Waals surface area (Å²) in [5, 5.41) is 11.5. The van der Waals surface area contributed by atoms with Crippen LogP contribution >= 0.6 is 11.3 Å². The van der Waals surface area contributed by atoms with Crippen molar-refractivity contribution in [3.63, 3.8) is 0 Å². The summed E-state index contributed by atoms with van der Waals surface area (Å²) in [5.74, 6) is 0.528. The molecule has 0 aliphatic carbocycles. The molecule has 1 unspecified atom stereocenters. The Hall–Kier alpha value is -1.17. The molecule has 0 aliphatic heterocycles. The summed E-state index contributed by atoms with van der Waals surface area (Å²) in [6.07, 6.45) is 1.02. The second-order valence-electron chi connectivity index (χ2n) is 3.37. The molecule has 0 amide bonds. The maximum atomic E-state index is 9.49. The molecule has 0 saturated heterocycles. The number of hydrogen-bond acceptors (Lipinski definition) is 4. The topological polar surface area (TPSA) is 74.9 Å². The maximum Gasteiger partial charge on any atom is 0.136 e. The lowest BCUT2D eigenvalue weighted by molar-refractivity contribution is 0.177. The number of imidazole rings is 1. The standard InChI is InChI=1S/C10H13N3OS/c1-6-2-3-15-9(6)7-5-12-10(13-7)8(14)4-11/h2-3,5,8,14H,4,11H2,1H3,(H,12,13). The summed E-state index contributed by atoms with van der Waals surface area (Å²) in [5.41, 5.74) is 7.50. The molecular weight excluding hydrogens is 210 g/mol. The molecule has 0 saturated carbocycles. The van der Waals surface area contributed by atoms with Gasteiger partial charge in [-0.05, 0) is 23.9 Å². The van der Waals surface area contributed by atoms with Crippen LogP contribution in [0.5, 0.6) is 0 Å². The molecule has 2 aromatic heterocycles. The van der Waals surface area contributed by atoms with E-state index in [9.17, 15) is 5.11 Å². The van der Waals surface area contributed by atoms with Gasteiger partial charge in [-0.2, -0.15) is 0 Å². The number of nitrogens with one attached hydrogen (secondary N) is 1. The molecule has 0 bridgehead atoms. The van der Waals surface area contributed by atoms with Crippen LogP contribution in [0.4, 0.5) is 0 Å². The van der Waals surface area contributed by atoms with Gasteiger partial charge in [0.05, 0.1) is 16.8 Å². The number of nitrogens with two attached hydrogens (primary N) is 1. The normalized spacial score (nSPS) is 13.0. The number of aliphatic hydroxyl groups is 1. The Kier molecular flexibility index (Phi) is 2.86. The third-order valence-corrected chi connectivity index (χ3v) is 3.29. The maximum absolute atomic E-state index is 9.49. The highest BCUT2D eigenvalue weighted by molar-refractivity contribution is 7.13. The largest absolute Gasteiger partial charge is 0.384 e. The van der Waals surface area contributed by atoms with Crippen LogP contribution < -0.4 is 5.73 Å². The van der Waals surface area contributed by atoms with Crippen molar-refractivity contribution in [1.82, 2.24) is 9.97 Å². The summed E-state index contributed by atoms with van der Waals surface area (Å²) >= 11 is 1.65. The first kappa shape index (κ1) is 10.4. The third kappa shape index (κ3) is 1.94. The number of thiophene rings is 1. The predicted molar refractivity (Wildman–Crippen MR) is 60.7 cm³/mol. The van der Waals surface area contributed by atoms with E-state index in [2.05, 4.69) is 16.0 Å². The van der Waals surface area contributed by atoms with Crippen molar-refractivity contribution in [3.8, 4) is 10.6 Å². The van der Waals surface area contributed by atoms with Crippen LogP contribution in [-0.4, -0.2) is 21.6 Å². The van der Waals surface area contributed by atoms with Gasteiger partial charge in [0.2, 0.25) is 0 Å². The molecule has 0 radical (unpaired) electrons. The highest BCUT2D eigenvalue weighted by Crippen LogP contribution is 2.27. The number of H-pyrrole nitrogens is 1. The molecule has 0 aromatic carbocycles. The zero-order valence-electron chi connectivity index (χ0n) is 8.40. The van der Waals surface area contributed by atoms with Crippen molar-refractivity contribution >= 4 is 11.3 Å². The summed E-state index contributed by atoms with van der Waals surface area (Å²) in [7, 11) is 0. The smallest absolute Gasteiger partial charge is 0.136 e. The van der Waals surface area contributed by atoms with E-state index in [1.54, 1.807) is 17.5 Å². The van der Waals surface area contributed by atoms with E-state index in [0.717, 1.165) is 10.6 Å². The van der Waals surface area contributed by atoms with Gasteiger partial charge in [-0.25, -0.2) is 4.98 Å². The number of aromatic nitrogens is 2. The lowest BCUT2D eigenvalue weighted by Gasteiger charge is -2.02. The average Bonchev–Trinajstić information content (AvgIpc) is 2.84. The van der Waals surface area contributed by atoms with Crippen LogP contribution in [0.25, 0.3) is 10.6 Å². The fourth-order valence-corrected chi connectivity index (χ4v) is 2.27. The summed E-state index contributed by atoms with van der Waals surface area (Å²) in [6.45, 7) is 2.22. The molecule has 0 spiro atoms. The fourth-order valence-electron chi connectivity index (χ4n) is 1.38. The Morgan fingerprint density at radius 1 is 1.67 bits per heavy atom. The second-order valence-corrected chi connectivity index (χ2v) is 4.28. The lowest BCUT2D eigenvalue weighted by Crippen LogP contribution is -2.12. The Labute approximate surface area is 91.8 Å². The van der Waals surface area contributed by atoms with Crippen LogP contribution in [0.2, 0.25) is 0 Å². The molecule has 80 valence electrons. The third-order valence-electron chi connectivity index (χ3n) is 2.24. The van der Waals surface area contributed by atoms with Gasteiger partial charge in [-0.1, -0.05) is 0 Å². The summed E-state index contributed by atoms with van der Waals surface area (Å²) in [4.78, 5) is 8.33. The molecule has 2 heterocycles. The van der Waals surface area contributed by atoms with Crippen LogP contribution in [0.3, 0.4) is 0 Å². The number of aromatic amines is 1. The Bertz CT molecular complexity index is 449. The zero-order chi connectivity index (χ0) is 10.8. The molecule has 4 N–H and O–H groups in total. The number of nitrogens with zero attached hydrogens (tertiary/aromatic N) is 1. The van der Waals surface area contributed by atoms with E-state index >= 15 is 0 Å². The molecule has 0 fully saturated rings. The van der Waals surface area contributed by atoms with Crippen molar-refractivity contribution in [3.05, 3.63) is 29.0 Å². The molecule has 0 aliphatic rings. The minimum Gasteiger partial charge on any atom is -0.384 e. The molecule has 15 heavy (non-hydrogen) atoms. The summed E-state index contributed by atoms with van der Waals surface area (Å²) in [6, 6.07) is 2.06. The Morgan fingerprint density at radius 3 is 3.07 bits per heavy atom. The van der Waals surface area contributed by atoms with Gasteiger partial charge in [0.25, 0.3) is 0 Å². The molecule has 5 heteroatoms. The monoisotopic (exact) mass is 223 g/mol. The number of aryl methyl sites for hydroxylation is 1. The SMILES string of the molecule is Cc1ccsc1-c1cnc(C(O)CN)[nH]1. The van der Waals surface area contributed by atoms with Gasteiger partial charge in [0.15, 0.2) is 0 Å². The fraction of sp³-hybridized carbons (Fsp3) is 0.300. The van der Waals surface area contributed by atoms with Crippen LogP contribution in [-0.2, 0) is 0 Å².